The molecule has 2 aromatic heterocycles. The zero-order valence-electron chi connectivity index (χ0n) is 17.0. The fraction of sp³-hybridized carbons (Fsp3) is 0.455. The Morgan fingerprint density at radius 1 is 1.20 bits per heavy atom. The number of H-pyrrole nitrogens is 1. The smallest absolute Gasteiger partial charge is 0.280 e. The fourth-order valence-corrected chi connectivity index (χ4v) is 5.72. The molecule has 5 rings (SSSR count). The summed E-state index contributed by atoms with van der Waals surface area (Å²) in [7, 11) is 2.10. The lowest BCUT2D eigenvalue weighted by Gasteiger charge is -2.28. The number of aromatic nitrogens is 3. The molecule has 2 N–H and O–H groups in total. The Labute approximate surface area is 178 Å². The number of thiazole rings is 1. The van der Waals surface area contributed by atoms with Crippen molar-refractivity contribution in [3.05, 3.63) is 55.9 Å². The van der Waals surface area contributed by atoms with E-state index in [9.17, 15) is 9.59 Å². The molecular weight excluding hydrogens is 398 g/mol. The molecule has 7 nitrogen and oxygen atoms in total. The SMILES string of the molecule is CN1CCc2nc(C(=O)N[C@H]3CC[C@H](c4n[nH]c(=O)c5ccccc54)CC3)sc2C1. The summed E-state index contributed by atoms with van der Waals surface area (Å²) in [6.45, 7) is 1.88. The molecule has 2 aliphatic rings. The molecule has 1 amide bonds. The number of carbonyl (C=O) groups is 1. The van der Waals surface area contributed by atoms with Crippen LogP contribution in [-0.4, -0.2) is 45.6 Å². The van der Waals surface area contributed by atoms with Crippen molar-refractivity contribution in [2.75, 3.05) is 13.6 Å². The van der Waals surface area contributed by atoms with Crippen LogP contribution in [0.5, 0.6) is 0 Å². The molecule has 0 spiro atoms. The first-order chi connectivity index (χ1) is 14.6. The molecule has 1 aromatic carbocycles. The Kier molecular flexibility index (Phi) is 5.12. The van der Waals surface area contributed by atoms with Gasteiger partial charge in [-0.05, 0) is 38.8 Å². The number of rotatable bonds is 3. The molecule has 1 aliphatic carbocycles. The van der Waals surface area contributed by atoms with E-state index in [1.165, 1.54) is 16.2 Å². The average Bonchev–Trinajstić information content (AvgIpc) is 3.18. The summed E-state index contributed by atoms with van der Waals surface area (Å²) in [6.07, 6.45) is 4.60. The van der Waals surface area contributed by atoms with Crippen LogP contribution in [0, 0.1) is 0 Å². The van der Waals surface area contributed by atoms with E-state index in [1.54, 1.807) is 0 Å². The summed E-state index contributed by atoms with van der Waals surface area (Å²) in [6, 6.07) is 7.80. The molecule has 1 aliphatic heterocycles. The van der Waals surface area contributed by atoms with Crippen molar-refractivity contribution >= 4 is 28.0 Å². The van der Waals surface area contributed by atoms with E-state index >= 15 is 0 Å². The van der Waals surface area contributed by atoms with Gasteiger partial charge in [0.2, 0.25) is 0 Å². The molecule has 3 aromatic rings. The molecule has 8 heteroatoms. The Bertz CT molecular complexity index is 1150. The standard InChI is InChI=1S/C22H25N5O2S/c1-27-11-10-17-18(12-27)30-22(24-17)21(29)23-14-8-6-13(7-9-14)19-15-4-2-3-5-16(15)20(28)26-25-19/h2-5,13-14H,6-12H2,1H3,(H,23,29)(H,26,28)/t13-,14-. The first kappa shape index (κ1) is 19.4. The Morgan fingerprint density at radius 3 is 2.77 bits per heavy atom. The second-order valence-electron chi connectivity index (χ2n) is 8.38. The number of nitrogens with zero attached hydrogens (tertiary/aromatic N) is 3. The lowest BCUT2D eigenvalue weighted by molar-refractivity contribution is 0.0925. The zero-order valence-corrected chi connectivity index (χ0v) is 17.8. The molecule has 156 valence electrons. The third kappa shape index (κ3) is 3.65. The molecule has 3 heterocycles. The van der Waals surface area contributed by atoms with Crippen LogP contribution < -0.4 is 10.9 Å². The van der Waals surface area contributed by atoms with E-state index in [0.29, 0.717) is 16.3 Å². The van der Waals surface area contributed by atoms with Crippen LogP contribution in [0.3, 0.4) is 0 Å². The maximum atomic E-state index is 12.7. The molecule has 1 fully saturated rings. The summed E-state index contributed by atoms with van der Waals surface area (Å²) in [5, 5.41) is 12.4. The van der Waals surface area contributed by atoms with Gasteiger partial charge in [-0.2, -0.15) is 5.10 Å². The monoisotopic (exact) mass is 423 g/mol. The van der Waals surface area contributed by atoms with Crippen LogP contribution >= 0.6 is 11.3 Å². The fourth-order valence-electron chi connectivity index (χ4n) is 4.63. The predicted octanol–water partition coefficient (Wildman–Crippen LogP) is 2.82. The highest BCUT2D eigenvalue weighted by Gasteiger charge is 2.28. The van der Waals surface area contributed by atoms with Crippen molar-refractivity contribution in [1.29, 1.82) is 0 Å². The second-order valence-corrected chi connectivity index (χ2v) is 9.47. The Hall–Kier alpha value is -2.58. The minimum atomic E-state index is -0.146. The van der Waals surface area contributed by atoms with Gasteiger partial charge < -0.3 is 10.2 Å². The molecular formula is C22H25N5O2S. The van der Waals surface area contributed by atoms with E-state index in [1.807, 2.05) is 24.3 Å². The lowest BCUT2D eigenvalue weighted by atomic mass is 9.82. The summed E-state index contributed by atoms with van der Waals surface area (Å²) in [4.78, 5) is 32.9. The minimum Gasteiger partial charge on any atom is -0.347 e. The van der Waals surface area contributed by atoms with Crippen molar-refractivity contribution in [3.8, 4) is 0 Å². The quantitative estimate of drug-likeness (QED) is 0.676. The van der Waals surface area contributed by atoms with Gasteiger partial charge >= 0.3 is 0 Å². The highest BCUT2D eigenvalue weighted by molar-refractivity contribution is 7.13. The average molecular weight is 424 g/mol. The van der Waals surface area contributed by atoms with Crippen molar-refractivity contribution < 1.29 is 4.79 Å². The van der Waals surface area contributed by atoms with Crippen LogP contribution in [-0.2, 0) is 13.0 Å². The van der Waals surface area contributed by atoms with Gasteiger partial charge in [0.15, 0.2) is 5.01 Å². The van der Waals surface area contributed by atoms with Gasteiger partial charge in [0.05, 0.1) is 16.8 Å². The topological polar surface area (TPSA) is 91.0 Å². The highest BCUT2D eigenvalue weighted by atomic mass is 32.1. The first-order valence-corrected chi connectivity index (χ1v) is 11.4. The van der Waals surface area contributed by atoms with Crippen molar-refractivity contribution in [1.82, 2.24) is 25.4 Å². The normalized spacial score (nSPS) is 22.0. The molecule has 30 heavy (non-hydrogen) atoms. The highest BCUT2D eigenvalue weighted by Crippen LogP contribution is 2.34. The van der Waals surface area contributed by atoms with E-state index in [0.717, 1.165) is 62.0 Å². The van der Waals surface area contributed by atoms with Gasteiger partial charge in [-0.25, -0.2) is 10.1 Å². The Balaban J connectivity index is 1.24. The zero-order chi connectivity index (χ0) is 20.7. The van der Waals surface area contributed by atoms with Gasteiger partial charge in [-0.3, -0.25) is 9.59 Å². The van der Waals surface area contributed by atoms with E-state index < -0.39 is 0 Å². The molecule has 1 saturated carbocycles. The first-order valence-electron chi connectivity index (χ1n) is 10.5. The third-order valence-electron chi connectivity index (χ3n) is 6.29. The number of likely N-dealkylation sites (N-methyl/N-ethyl adjacent to an activating group) is 1. The molecule has 0 radical (unpaired) electrons. The van der Waals surface area contributed by atoms with Crippen molar-refractivity contribution in [3.63, 3.8) is 0 Å². The summed E-state index contributed by atoms with van der Waals surface area (Å²) >= 11 is 1.53. The molecule has 0 atom stereocenters. The van der Waals surface area contributed by atoms with Gasteiger partial charge in [-0.15, -0.1) is 11.3 Å². The number of aromatic amines is 1. The van der Waals surface area contributed by atoms with Crippen molar-refractivity contribution in [2.45, 2.75) is 50.6 Å². The summed E-state index contributed by atoms with van der Waals surface area (Å²) in [5.74, 6) is 0.246. The molecule has 0 unspecified atom stereocenters. The maximum Gasteiger partial charge on any atom is 0.280 e. The van der Waals surface area contributed by atoms with E-state index in [4.69, 9.17) is 0 Å². The number of hydrogen-bond donors (Lipinski definition) is 2. The van der Waals surface area contributed by atoms with Crippen LogP contribution in [0.1, 0.15) is 57.7 Å². The largest absolute Gasteiger partial charge is 0.347 e. The number of fused-ring (bicyclic) bond motifs is 2. The van der Waals surface area contributed by atoms with Gasteiger partial charge in [0.1, 0.15) is 0 Å². The summed E-state index contributed by atoms with van der Waals surface area (Å²) in [5.41, 5.74) is 1.90. The van der Waals surface area contributed by atoms with Crippen molar-refractivity contribution in [2.24, 2.45) is 0 Å². The molecule has 0 saturated heterocycles. The Morgan fingerprint density at radius 2 is 1.97 bits per heavy atom. The lowest BCUT2D eigenvalue weighted by Crippen LogP contribution is -2.37. The van der Waals surface area contributed by atoms with Gasteiger partial charge in [0, 0.05) is 41.7 Å². The van der Waals surface area contributed by atoms with Crippen LogP contribution in [0.15, 0.2) is 29.1 Å². The second kappa shape index (κ2) is 7.92. The van der Waals surface area contributed by atoms with Crippen LogP contribution in [0.4, 0.5) is 0 Å². The predicted molar refractivity (Wildman–Crippen MR) is 117 cm³/mol. The van der Waals surface area contributed by atoms with Gasteiger partial charge in [-0.1, -0.05) is 18.2 Å². The summed E-state index contributed by atoms with van der Waals surface area (Å²) < 4.78 is 0. The maximum absolute atomic E-state index is 12.7. The minimum absolute atomic E-state index is 0.0480. The van der Waals surface area contributed by atoms with Crippen LogP contribution in [0.2, 0.25) is 0 Å². The van der Waals surface area contributed by atoms with E-state index in [2.05, 4.69) is 32.4 Å². The number of carbonyl (C=O) groups excluding carboxylic acids is 1. The van der Waals surface area contributed by atoms with E-state index in [-0.39, 0.29) is 17.5 Å². The number of hydrogen-bond acceptors (Lipinski definition) is 6. The number of amides is 1. The number of nitrogens with one attached hydrogen (secondary N) is 2. The molecule has 0 bridgehead atoms. The van der Waals surface area contributed by atoms with Gasteiger partial charge in [0.25, 0.3) is 11.5 Å². The number of benzene rings is 1. The third-order valence-corrected chi connectivity index (χ3v) is 7.37. The van der Waals surface area contributed by atoms with Crippen LogP contribution in [0.25, 0.3) is 10.8 Å².